The third-order valence-corrected chi connectivity index (χ3v) is 6.09. The van der Waals surface area contributed by atoms with Gasteiger partial charge >= 0.3 is 0 Å². The molecule has 0 radical (unpaired) electrons. The maximum atomic E-state index is 13.5. The number of amides is 1. The molecular weight excluding hydrogens is 405 g/mol. The van der Waals surface area contributed by atoms with E-state index in [0.29, 0.717) is 18.4 Å². The van der Waals surface area contributed by atoms with E-state index in [0.717, 1.165) is 43.0 Å². The highest BCUT2D eigenvalue weighted by Gasteiger charge is 2.36. The smallest absolute Gasteiger partial charge is 0.255 e. The molecular formula is C23H31Cl2N3O. The van der Waals surface area contributed by atoms with E-state index in [9.17, 15) is 4.79 Å². The quantitative estimate of drug-likeness (QED) is 0.780. The summed E-state index contributed by atoms with van der Waals surface area (Å²) >= 11 is 0. The Bertz CT molecular complexity index is 809. The first-order valence-corrected chi connectivity index (χ1v) is 10.1. The van der Waals surface area contributed by atoms with Crippen LogP contribution < -0.4 is 10.6 Å². The van der Waals surface area contributed by atoms with E-state index in [2.05, 4.69) is 54.3 Å². The van der Waals surface area contributed by atoms with Gasteiger partial charge in [-0.1, -0.05) is 42.0 Å². The fraction of sp³-hybridized carbons (Fsp3) is 0.435. The molecule has 6 heteroatoms. The summed E-state index contributed by atoms with van der Waals surface area (Å²) in [6.07, 6.45) is 2.41. The van der Waals surface area contributed by atoms with Crippen molar-refractivity contribution in [1.29, 1.82) is 0 Å². The molecule has 0 bridgehead atoms. The number of halogens is 2. The minimum atomic E-state index is 0. The van der Waals surface area contributed by atoms with Gasteiger partial charge < -0.3 is 15.5 Å². The standard InChI is InChI=1S/C23H29N3O.2ClH/c1-17-9-10-22(25-11-5-6-12-25)20(13-17)23(27)26-15-19(14-24)21(16-26)18-7-3-2-4-8-18;;/h2-4,7-10,13,19,21H,5-6,11-12,14-16,24H2,1H3;2*1H/t19-,21+;;/m1../s1. The lowest BCUT2D eigenvalue weighted by Gasteiger charge is -2.24. The van der Waals surface area contributed by atoms with Gasteiger partial charge in [0.05, 0.1) is 5.56 Å². The molecule has 2 saturated heterocycles. The number of benzene rings is 2. The lowest BCUT2D eigenvalue weighted by atomic mass is 9.89. The average Bonchev–Trinajstić information content (AvgIpc) is 3.38. The molecule has 2 aliphatic heterocycles. The third-order valence-electron chi connectivity index (χ3n) is 6.09. The van der Waals surface area contributed by atoms with Crippen LogP contribution >= 0.6 is 24.8 Å². The number of nitrogens with two attached hydrogens (primary N) is 1. The molecule has 0 spiro atoms. The van der Waals surface area contributed by atoms with Crippen molar-refractivity contribution in [1.82, 2.24) is 4.90 Å². The van der Waals surface area contributed by atoms with Crippen LogP contribution in [0.4, 0.5) is 5.69 Å². The van der Waals surface area contributed by atoms with Gasteiger partial charge in [0.2, 0.25) is 0 Å². The zero-order valence-electron chi connectivity index (χ0n) is 16.9. The third kappa shape index (κ3) is 4.88. The van der Waals surface area contributed by atoms with Crippen LogP contribution in [-0.4, -0.2) is 43.5 Å². The molecule has 0 unspecified atom stereocenters. The summed E-state index contributed by atoms with van der Waals surface area (Å²) in [5, 5.41) is 0. The first-order chi connectivity index (χ1) is 13.2. The molecule has 4 rings (SSSR count). The highest BCUT2D eigenvalue weighted by atomic mass is 35.5. The van der Waals surface area contributed by atoms with Crippen LogP contribution in [0.5, 0.6) is 0 Å². The number of nitrogens with zero attached hydrogens (tertiary/aromatic N) is 2. The lowest BCUT2D eigenvalue weighted by Crippen LogP contribution is -2.32. The van der Waals surface area contributed by atoms with E-state index < -0.39 is 0 Å². The van der Waals surface area contributed by atoms with E-state index in [1.54, 1.807) is 0 Å². The molecule has 2 aromatic rings. The van der Waals surface area contributed by atoms with Gasteiger partial charge in [-0.15, -0.1) is 24.8 Å². The molecule has 0 saturated carbocycles. The first kappa shape index (κ1) is 23.5. The van der Waals surface area contributed by atoms with Crippen LogP contribution in [0.15, 0.2) is 48.5 Å². The summed E-state index contributed by atoms with van der Waals surface area (Å²) in [6.45, 7) is 6.24. The summed E-state index contributed by atoms with van der Waals surface area (Å²) < 4.78 is 0. The number of rotatable bonds is 4. The van der Waals surface area contributed by atoms with Crippen molar-refractivity contribution < 1.29 is 4.79 Å². The molecule has 2 heterocycles. The van der Waals surface area contributed by atoms with Crippen LogP contribution in [0, 0.1) is 12.8 Å². The van der Waals surface area contributed by atoms with Gasteiger partial charge in [0.15, 0.2) is 0 Å². The Morgan fingerprint density at radius 3 is 2.38 bits per heavy atom. The maximum Gasteiger partial charge on any atom is 0.255 e. The van der Waals surface area contributed by atoms with Crippen molar-refractivity contribution in [2.24, 2.45) is 11.7 Å². The van der Waals surface area contributed by atoms with Crippen molar-refractivity contribution in [3.05, 3.63) is 65.2 Å². The second kappa shape index (κ2) is 10.3. The number of carbonyl (C=O) groups is 1. The van der Waals surface area contributed by atoms with E-state index in [1.807, 2.05) is 11.0 Å². The Labute approximate surface area is 186 Å². The Hall–Kier alpha value is -1.75. The molecule has 2 N–H and O–H groups in total. The molecule has 29 heavy (non-hydrogen) atoms. The summed E-state index contributed by atoms with van der Waals surface area (Å²) in [4.78, 5) is 17.8. The molecule has 2 atom stereocenters. The molecule has 158 valence electrons. The fourth-order valence-electron chi connectivity index (χ4n) is 4.58. The Kier molecular flexibility index (Phi) is 8.38. The SMILES string of the molecule is Cc1ccc(N2CCCC2)c(C(=O)N2C[C@@H](CN)[C@H](c3ccccc3)C2)c1.Cl.Cl. The molecule has 1 amide bonds. The van der Waals surface area contributed by atoms with Crippen molar-refractivity contribution in [3.8, 4) is 0 Å². The average molecular weight is 436 g/mol. The van der Waals surface area contributed by atoms with E-state index in [1.165, 1.54) is 18.4 Å². The molecule has 2 aliphatic rings. The predicted octanol–water partition coefficient (Wildman–Crippen LogP) is 4.25. The van der Waals surface area contributed by atoms with Crippen LogP contribution in [-0.2, 0) is 0 Å². The van der Waals surface area contributed by atoms with Gasteiger partial charge in [-0.3, -0.25) is 4.79 Å². The van der Waals surface area contributed by atoms with Crippen LogP contribution in [0.25, 0.3) is 0 Å². The molecule has 2 aromatic carbocycles. The molecule has 4 nitrogen and oxygen atoms in total. The highest BCUT2D eigenvalue weighted by molar-refractivity contribution is 6.00. The number of anilines is 1. The Balaban J connectivity index is 0.00000150. The van der Waals surface area contributed by atoms with Gasteiger partial charge in [0, 0.05) is 37.8 Å². The highest BCUT2D eigenvalue weighted by Crippen LogP contribution is 2.34. The zero-order valence-corrected chi connectivity index (χ0v) is 18.6. The summed E-state index contributed by atoms with van der Waals surface area (Å²) in [5.41, 5.74) is 10.4. The van der Waals surface area contributed by atoms with E-state index in [-0.39, 0.29) is 30.7 Å². The number of aryl methyl sites for hydroxylation is 1. The van der Waals surface area contributed by atoms with Gasteiger partial charge in [0.1, 0.15) is 0 Å². The summed E-state index contributed by atoms with van der Waals surface area (Å²) in [6, 6.07) is 16.8. The Morgan fingerprint density at radius 2 is 1.72 bits per heavy atom. The maximum absolute atomic E-state index is 13.5. The monoisotopic (exact) mass is 435 g/mol. The zero-order chi connectivity index (χ0) is 18.8. The number of hydrogen-bond donors (Lipinski definition) is 1. The second-order valence-electron chi connectivity index (χ2n) is 7.94. The topological polar surface area (TPSA) is 49.6 Å². The minimum absolute atomic E-state index is 0. The number of carbonyl (C=O) groups excluding carboxylic acids is 1. The molecule has 0 aromatic heterocycles. The van der Waals surface area contributed by atoms with Crippen molar-refractivity contribution in [2.75, 3.05) is 37.6 Å². The van der Waals surface area contributed by atoms with Crippen LogP contribution in [0.2, 0.25) is 0 Å². The lowest BCUT2D eigenvalue weighted by molar-refractivity contribution is 0.0787. The van der Waals surface area contributed by atoms with Crippen LogP contribution in [0.1, 0.15) is 40.2 Å². The number of likely N-dealkylation sites (tertiary alicyclic amines) is 1. The van der Waals surface area contributed by atoms with E-state index >= 15 is 0 Å². The Morgan fingerprint density at radius 1 is 1.03 bits per heavy atom. The predicted molar refractivity (Wildman–Crippen MR) is 125 cm³/mol. The molecule has 0 aliphatic carbocycles. The van der Waals surface area contributed by atoms with Crippen molar-refractivity contribution in [3.63, 3.8) is 0 Å². The van der Waals surface area contributed by atoms with Gasteiger partial charge in [-0.25, -0.2) is 0 Å². The normalized spacial score (nSPS) is 20.9. The summed E-state index contributed by atoms with van der Waals surface area (Å²) in [5.74, 6) is 0.786. The van der Waals surface area contributed by atoms with Crippen molar-refractivity contribution >= 4 is 36.4 Å². The van der Waals surface area contributed by atoms with Gasteiger partial charge in [0.25, 0.3) is 5.91 Å². The van der Waals surface area contributed by atoms with Crippen LogP contribution in [0.3, 0.4) is 0 Å². The van der Waals surface area contributed by atoms with Gasteiger partial charge in [-0.2, -0.15) is 0 Å². The van der Waals surface area contributed by atoms with Gasteiger partial charge in [-0.05, 0) is 49.9 Å². The van der Waals surface area contributed by atoms with Crippen molar-refractivity contribution in [2.45, 2.75) is 25.7 Å². The second-order valence-corrected chi connectivity index (χ2v) is 7.94. The minimum Gasteiger partial charge on any atom is -0.371 e. The first-order valence-electron chi connectivity index (χ1n) is 10.1. The number of hydrogen-bond acceptors (Lipinski definition) is 3. The molecule has 2 fully saturated rings. The summed E-state index contributed by atoms with van der Waals surface area (Å²) in [7, 11) is 0. The fourth-order valence-corrected chi connectivity index (χ4v) is 4.58. The van der Waals surface area contributed by atoms with E-state index in [4.69, 9.17) is 5.73 Å². The largest absolute Gasteiger partial charge is 0.371 e.